The number of rotatable bonds is 3. The average Bonchev–Trinajstić information content (AvgIpc) is 2.27. The lowest BCUT2D eigenvalue weighted by molar-refractivity contribution is -0.384. The molecule has 1 fully saturated rings. The number of carbonyl (C=O) groups is 1. The molecule has 3 N–H and O–H groups in total. The van der Waals surface area contributed by atoms with Gasteiger partial charge in [0, 0.05) is 0 Å². The fourth-order valence-electron chi connectivity index (χ4n) is 1.79. The Morgan fingerprint density at radius 1 is 1.50 bits per heavy atom. The van der Waals surface area contributed by atoms with Gasteiger partial charge in [-0.25, -0.2) is 4.39 Å². The summed E-state index contributed by atoms with van der Waals surface area (Å²) < 4.78 is 12.9. The molecule has 0 aromatic heterocycles. The van der Waals surface area contributed by atoms with Crippen LogP contribution in [0, 0.1) is 15.9 Å². The van der Waals surface area contributed by atoms with Crippen LogP contribution >= 0.6 is 0 Å². The van der Waals surface area contributed by atoms with Crippen molar-refractivity contribution in [3.05, 3.63) is 34.1 Å². The number of nitrogens with one attached hydrogen (secondary N) is 1. The van der Waals surface area contributed by atoms with Crippen molar-refractivity contribution in [2.45, 2.75) is 24.8 Å². The van der Waals surface area contributed by atoms with E-state index in [9.17, 15) is 19.3 Å². The largest absolute Gasteiger partial charge is 0.319 e. The van der Waals surface area contributed by atoms with Crippen LogP contribution in [0.1, 0.15) is 19.3 Å². The number of carbonyl (C=O) groups excluding carboxylic acids is 1. The fourth-order valence-corrected chi connectivity index (χ4v) is 1.79. The van der Waals surface area contributed by atoms with Gasteiger partial charge in [-0.2, -0.15) is 0 Å². The number of anilines is 1. The Bertz CT molecular complexity index is 514. The normalized spacial score (nSPS) is 16.8. The standard InChI is InChI=1S/C11H12FN3O3/c12-7-2-3-8(9(6-7)15(17)18)14-10(16)11(13)4-1-5-11/h2-3,6H,1,4-5,13H2,(H,14,16). The third kappa shape index (κ3) is 2.17. The number of benzene rings is 1. The van der Waals surface area contributed by atoms with Gasteiger partial charge in [-0.15, -0.1) is 0 Å². The molecule has 96 valence electrons. The van der Waals surface area contributed by atoms with Crippen molar-refractivity contribution in [2.24, 2.45) is 5.73 Å². The summed E-state index contributed by atoms with van der Waals surface area (Å²) in [7, 11) is 0. The van der Waals surface area contributed by atoms with E-state index in [1.807, 2.05) is 0 Å². The lowest BCUT2D eigenvalue weighted by Gasteiger charge is -2.36. The Kier molecular flexibility index (Phi) is 3.00. The first-order valence-electron chi connectivity index (χ1n) is 5.47. The zero-order valence-electron chi connectivity index (χ0n) is 9.48. The van der Waals surface area contributed by atoms with Gasteiger partial charge in [0.25, 0.3) is 5.69 Å². The highest BCUT2D eigenvalue weighted by Crippen LogP contribution is 2.32. The summed E-state index contributed by atoms with van der Waals surface area (Å²) in [6.45, 7) is 0. The highest BCUT2D eigenvalue weighted by Gasteiger charge is 2.40. The van der Waals surface area contributed by atoms with Gasteiger partial charge in [0.1, 0.15) is 11.5 Å². The minimum absolute atomic E-state index is 0.0388. The maximum atomic E-state index is 12.9. The summed E-state index contributed by atoms with van der Waals surface area (Å²) >= 11 is 0. The Labute approximate surface area is 102 Å². The number of nitro groups is 1. The van der Waals surface area contributed by atoms with Crippen LogP contribution in [-0.2, 0) is 4.79 Å². The van der Waals surface area contributed by atoms with Crippen LogP contribution < -0.4 is 11.1 Å². The maximum Gasteiger partial charge on any atom is 0.295 e. The summed E-state index contributed by atoms with van der Waals surface area (Å²) in [4.78, 5) is 21.8. The molecule has 0 bridgehead atoms. The summed E-state index contributed by atoms with van der Waals surface area (Å²) in [5.74, 6) is -1.20. The average molecular weight is 253 g/mol. The van der Waals surface area contributed by atoms with Crippen LogP contribution in [0.2, 0.25) is 0 Å². The first kappa shape index (κ1) is 12.4. The molecular weight excluding hydrogens is 241 g/mol. The Morgan fingerprint density at radius 2 is 2.17 bits per heavy atom. The van der Waals surface area contributed by atoms with Crippen molar-refractivity contribution >= 4 is 17.3 Å². The van der Waals surface area contributed by atoms with Gasteiger partial charge in [-0.05, 0) is 31.4 Å². The number of amides is 1. The minimum atomic E-state index is -0.956. The third-order valence-electron chi connectivity index (χ3n) is 3.10. The monoisotopic (exact) mass is 253 g/mol. The van der Waals surface area contributed by atoms with Crippen molar-refractivity contribution in [1.29, 1.82) is 0 Å². The van der Waals surface area contributed by atoms with E-state index in [1.165, 1.54) is 0 Å². The maximum absolute atomic E-state index is 12.9. The molecule has 0 spiro atoms. The fraction of sp³-hybridized carbons (Fsp3) is 0.364. The molecule has 1 aliphatic carbocycles. The van der Waals surface area contributed by atoms with Gasteiger partial charge >= 0.3 is 0 Å². The first-order valence-corrected chi connectivity index (χ1v) is 5.47. The number of halogens is 1. The molecule has 0 aliphatic heterocycles. The molecule has 0 atom stereocenters. The molecule has 7 heteroatoms. The molecule has 0 saturated heterocycles. The summed E-state index contributed by atoms with van der Waals surface area (Å²) in [5, 5.41) is 13.1. The Hall–Kier alpha value is -2.02. The van der Waals surface area contributed by atoms with Crippen molar-refractivity contribution in [3.63, 3.8) is 0 Å². The molecule has 0 radical (unpaired) electrons. The summed E-state index contributed by atoms with van der Waals surface area (Å²) in [6.07, 6.45) is 1.96. The van der Waals surface area contributed by atoms with Crippen LogP contribution in [0.25, 0.3) is 0 Å². The van der Waals surface area contributed by atoms with E-state index in [0.29, 0.717) is 12.8 Å². The van der Waals surface area contributed by atoms with Crippen molar-refractivity contribution in [2.75, 3.05) is 5.32 Å². The quantitative estimate of drug-likeness (QED) is 0.630. The Morgan fingerprint density at radius 3 is 2.67 bits per heavy atom. The molecular formula is C11H12FN3O3. The number of nitrogens with two attached hydrogens (primary N) is 1. The molecule has 6 nitrogen and oxygen atoms in total. The molecule has 2 rings (SSSR count). The zero-order valence-corrected chi connectivity index (χ0v) is 9.48. The van der Waals surface area contributed by atoms with E-state index in [4.69, 9.17) is 5.73 Å². The topological polar surface area (TPSA) is 98.3 Å². The van der Waals surface area contributed by atoms with E-state index in [2.05, 4.69) is 5.32 Å². The van der Waals surface area contributed by atoms with Gasteiger partial charge < -0.3 is 11.1 Å². The van der Waals surface area contributed by atoms with E-state index >= 15 is 0 Å². The molecule has 1 saturated carbocycles. The Balaban J connectivity index is 2.23. The SMILES string of the molecule is NC1(C(=O)Nc2ccc(F)cc2[N+](=O)[O-])CCC1. The van der Waals surface area contributed by atoms with Crippen molar-refractivity contribution in [1.82, 2.24) is 0 Å². The van der Waals surface area contributed by atoms with E-state index in [-0.39, 0.29) is 5.69 Å². The predicted molar refractivity (Wildman–Crippen MR) is 62.5 cm³/mol. The summed E-state index contributed by atoms with van der Waals surface area (Å²) in [6, 6.07) is 2.97. The van der Waals surface area contributed by atoms with E-state index in [1.54, 1.807) is 0 Å². The minimum Gasteiger partial charge on any atom is -0.319 e. The van der Waals surface area contributed by atoms with Crippen LogP contribution in [0.4, 0.5) is 15.8 Å². The van der Waals surface area contributed by atoms with Crippen molar-refractivity contribution < 1.29 is 14.1 Å². The lowest BCUT2D eigenvalue weighted by Crippen LogP contribution is -2.56. The molecule has 1 aromatic carbocycles. The second-order valence-corrected chi connectivity index (χ2v) is 4.38. The third-order valence-corrected chi connectivity index (χ3v) is 3.10. The smallest absolute Gasteiger partial charge is 0.295 e. The van der Waals surface area contributed by atoms with E-state index in [0.717, 1.165) is 24.6 Å². The predicted octanol–water partition coefficient (Wildman–Crippen LogP) is 1.55. The molecule has 1 aliphatic rings. The van der Waals surface area contributed by atoms with Gasteiger partial charge in [-0.3, -0.25) is 14.9 Å². The first-order chi connectivity index (χ1) is 8.42. The van der Waals surface area contributed by atoms with Crippen LogP contribution in [-0.4, -0.2) is 16.4 Å². The van der Waals surface area contributed by atoms with Gasteiger partial charge in [0.15, 0.2) is 0 Å². The number of nitrogens with zero attached hydrogens (tertiary/aromatic N) is 1. The second kappa shape index (κ2) is 4.34. The summed E-state index contributed by atoms with van der Waals surface area (Å²) in [5.41, 5.74) is 4.32. The number of hydrogen-bond acceptors (Lipinski definition) is 4. The van der Waals surface area contributed by atoms with Gasteiger partial charge in [0.2, 0.25) is 5.91 Å². The number of hydrogen-bond donors (Lipinski definition) is 2. The van der Waals surface area contributed by atoms with Crippen LogP contribution in [0.15, 0.2) is 18.2 Å². The molecule has 18 heavy (non-hydrogen) atoms. The highest BCUT2D eigenvalue weighted by atomic mass is 19.1. The lowest BCUT2D eigenvalue weighted by atomic mass is 9.77. The molecule has 1 aromatic rings. The van der Waals surface area contributed by atoms with Crippen molar-refractivity contribution in [3.8, 4) is 0 Å². The van der Waals surface area contributed by atoms with Crippen LogP contribution in [0.3, 0.4) is 0 Å². The molecule has 0 unspecified atom stereocenters. The second-order valence-electron chi connectivity index (χ2n) is 4.38. The molecule has 1 amide bonds. The highest BCUT2D eigenvalue weighted by molar-refractivity contribution is 6.00. The van der Waals surface area contributed by atoms with Gasteiger partial charge in [-0.1, -0.05) is 0 Å². The van der Waals surface area contributed by atoms with Crippen LogP contribution in [0.5, 0.6) is 0 Å². The number of nitro benzene ring substituents is 1. The molecule has 0 heterocycles. The van der Waals surface area contributed by atoms with Gasteiger partial charge in [0.05, 0.1) is 16.5 Å². The zero-order chi connectivity index (χ0) is 13.3. The van der Waals surface area contributed by atoms with E-state index < -0.39 is 27.9 Å².